The van der Waals surface area contributed by atoms with E-state index in [9.17, 15) is 24.2 Å². The number of rotatable bonds is 10. The van der Waals surface area contributed by atoms with E-state index < -0.39 is 23.3 Å². The first kappa shape index (κ1) is 33.2. The maximum absolute atomic E-state index is 14.1. The number of fused-ring (bicyclic) bond motifs is 1. The monoisotopic (exact) mass is 627 g/mol. The number of aliphatic carboxylic acids is 1. The van der Waals surface area contributed by atoms with Crippen LogP contribution >= 0.6 is 0 Å². The molecule has 4 heterocycles. The number of hydrogen-bond donors (Lipinski definition) is 3. The molecule has 3 aliphatic heterocycles. The van der Waals surface area contributed by atoms with Crippen LogP contribution in [0.2, 0.25) is 0 Å². The fraction of sp³-hybridized carbons (Fsp3) is 0.606. The van der Waals surface area contributed by atoms with Gasteiger partial charge in [-0.25, -0.2) is 9.18 Å². The molecule has 0 unspecified atom stereocenters. The number of benzene rings is 1. The largest absolute Gasteiger partial charge is 0.479 e. The number of carboxylic acid groups (broad SMARTS) is 1. The molecule has 3 aliphatic rings. The zero-order chi connectivity index (χ0) is 32.5. The van der Waals surface area contributed by atoms with Crippen LogP contribution in [0.3, 0.4) is 0 Å². The lowest BCUT2D eigenvalue weighted by molar-refractivity contribution is -0.144. The number of aliphatic hydroxyl groups is 1. The molecule has 0 saturated carbocycles. The van der Waals surface area contributed by atoms with E-state index in [1.54, 1.807) is 6.07 Å². The minimum absolute atomic E-state index is 0.0125. The predicted octanol–water partition coefficient (Wildman–Crippen LogP) is 2.16. The van der Waals surface area contributed by atoms with E-state index in [4.69, 9.17) is 14.5 Å². The molecule has 246 valence electrons. The zero-order valence-corrected chi connectivity index (χ0v) is 26.9. The summed E-state index contributed by atoms with van der Waals surface area (Å²) >= 11 is 0. The van der Waals surface area contributed by atoms with Crippen LogP contribution in [0.1, 0.15) is 57.1 Å². The number of pyridine rings is 1. The smallest absolute Gasteiger partial charge is 0.344 e. The van der Waals surface area contributed by atoms with Gasteiger partial charge < -0.3 is 29.9 Å². The quantitative estimate of drug-likeness (QED) is 0.361. The first-order valence-corrected chi connectivity index (χ1v) is 15.8. The molecule has 4 atom stereocenters. The van der Waals surface area contributed by atoms with Gasteiger partial charge in [0.2, 0.25) is 5.91 Å². The molecule has 0 bridgehead atoms. The topological polar surface area (TPSA) is 128 Å². The number of carbonyl (C=O) groups is 2. The molecule has 1 aromatic heterocycles. The first-order chi connectivity index (χ1) is 21.4. The molecule has 1 amide bonds. The molecular formula is C33H46FN5O6. The number of morpholine rings is 1. The average Bonchev–Trinajstić information content (AvgIpc) is 3.25. The van der Waals surface area contributed by atoms with Crippen LogP contribution in [0.5, 0.6) is 5.75 Å². The lowest BCUT2D eigenvalue weighted by atomic mass is 9.90. The highest BCUT2D eigenvalue weighted by Crippen LogP contribution is 2.41. The van der Waals surface area contributed by atoms with Gasteiger partial charge in [0.15, 0.2) is 6.10 Å². The highest BCUT2D eigenvalue weighted by molar-refractivity contribution is 5.97. The van der Waals surface area contributed by atoms with Crippen molar-refractivity contribution in [2.45, 2.75) is 77.3 Å². The van der Waals surface area contributed by atoms with Crippen molar-refractivity contribution in [1.82, 2.24) is 20.1 Å². The third kappa shape index (κ3) is 7.47. The van der Waals surface area contributed by atoms with E-state index in [2.05, 4.69) is 29.0 Å². The lowest BCUT2D eigenvalue weighted by Gasteiger charge is -2.43. The van der Waals surface area contributed by atoms with E-state index in [1.807, 2.05) is 24.8 Å². The minimum atomic E-state index is -1.18. The number of nitrogens with zero attached hydrogens (tertiary/aromatic N) is 4. The van der Waals surface area contributed by atoms with E-state index in [0.29, 0.717) is 41.7 Å². The van der Waals surface area contributed by atoms with Gasteiger partial charge >= 0.3 is 5.97 Å². The van der Waals surface area contributed by atoms with E-state index in [1.165, 1.54) is 13.0 Å². The number of aromatic nitrogens is 1. The Morgan fingerprint density at radius 3 is 2.71 bits per heavy atom. The Balaban J connectivity index is 1.41. The van der Waals surface area contributed by atoms with Crippen molar-refractivity contribution >= 4 is 17.6 Å². The van der Waals surface area contributed by atoms with Crippen molar-refractivity contribution in [2.24, 2.45) is 0 Å². The van der Waals surface area contributed by atoms with Crippen molar-refractivity contribution < 1.29 is 33.7 Å². The van der Waals surface area contributed by atoms with Crippen LogP contribution in [0.4, 0.5) is 10.1 Å². The number of anilines is 1. The molecule has 5 rings (SSSR count). The standard InChI is InChI=1S/C33H46FN5O6/c1-20-14-38(26(13-35-20)15-37-8-9-44-18-21(37)2)16-30(41)39-19-33(4,5)31-28(39)11-24(27(17-40)36-31)10-23-6-7-25(34)12-29(23)45-22(3)32(42)43/h6-7,11-12,20-22,26,35,40H,8-10,13-19H2,1-5H3,(H,42,43)/t20-,21-,22+,26-/m1/s1. The summed E-state index contributed by atoms with van der Waals surface area (Å²) in [6, 6.07) is 6.64. The Kier molecular flexibility index (Phi) is 10.1. The Hall–Kier alpha value is -3.16. The second kappa shape index (κ2) is 13.7. The first-order valence-electron chi connectivity index (χ1n) is 15.8. The molecule has 12 heteroatoms. The van der Waals surface area contributed by atoms with Gasteiger partial charge in [-0.3, -0.25) is 19.6 Å². The minimum Gasteiger partial charge on any atom is -0.479 e. The fourth-order valence-corrected chi connectivity index (χ4v) is 6.55. The molecule has 0 radical (unpaired) electrons. The highest BCUT2D eigenvalue weighted by atomic mass is 19.1. The molecule has 1 aromatic carbocycles. The third-order valence-electron chi connectivity index (χ3n) is 9.18. The third-order valence-corrected chi connectivity index (χ3v) is 9.18. The van der Waals surface area contributed by atoms with Crippen molar-refractivity contribution in [3.63, 3.8) is 0 Å². The van der Waals surface area contributed by atoms with Gasteiger partial charge in [0.05, 0.1) is 43.4 Å². The summed E-state index contributed by atoms with van der Waals surface area (Å²) in [6.07, 6.45) is -0.978. The van der Waals surface area contributed by atoms with Crippen LogP contribution in [0.25, 0.3) is 0 Å². The number of carbonyl (C=O) groups excluding carboxylic acids is 1. The molecule has 11 nitrogen and oxygen atoms in total. The number of halogens is 1. The van der Waals surface area contributed by atoms with Crippen molar-refractivity contribution in [2.75, 3.05) is 57.4 Å². The van der Waals surface area contributed by atoms with Gasteiger partial charge in [-0.1, -0.05) is 19.9 Å². The molecular weight excluding hydrogens is 581 g/mol. The van der Waals surface area contributed by atoms with Crippen LogP contribution in [-0.4, -0.2) is 114 Å². The Morgan fingerprint density at radius 1 is 1.22 bits per heavy atom. The molecule has 45 heavy (non-hydrogen) atoms. The van der Waals surface area contributed by atoms with Crippen LogP contribution < -0.4 is 15.0 Å². The molecule has 0 aliphatic carbocycles. The van der Waals surface area contributed by atoms with E-state index in [-0.39, 0.29) is 43.3 Å². The second-order valence-corrected chi connectivity index (χ2v) is 13.3. The number of nitrogens with one attached hydrogen (secondary N) is 1. The molecule has 2 aromatic rings. The Bertz CT molecular complexity index is 1410. The Morgan fingerprint density at radius 2 is 2.00 bits per heavy atom. The SMILES string of the molecule is C[C@@H]1CN(CC(=O)N2CC(C)(C)c3nc(CO)c(Cc4ccc(F)cc4O[C@@H](C)C(=O)O)cc32)[C@@H](CN2CCOC[C@H]2C)CN1. The number of hydrogen-bond acceptors (Lipinski definition) is 9. The van der Waals surface area contributed by atoms with Gasteiger partial charge in [0, 0.05) is 68.8 Å². The number of ether oxygens (including phenoxy) is 2. The van der Waals surface area contributed by atoms with Gasteiger partial charge in [-0.2, -0.15) is 0 Å². The van der Waals surface area contributed by atoms with Gasteiger partial charge in [0.25, 0.3) is 0 Å². The van der Waals surface area contributed by atoms with E-state index in [0.717, 1.165) is 44.5 Å². The van der Waals surface area contributed by atoms with E-state index >= 15 is 0 Å². The number of carboxylic acids is 1. The summed E-state index contributed by atoms with van der Waals surface area (Å²) in [5.74, 6) is -1.63. The van der Waals surface area contributed by atoms with Gasteiger partial charge in [0.1, 0.15) is 11.6 Å². The number of aliphatic hydroxyl groups excluding tert-OH is 1. The van der Waals surface area contributed by atoms with Crippen molar-refractivity contribution in [3.05, 3.63) is 52.6 Å². The number of amides is 1. The lowest BCUT2D eigenvalue weighted by Crippen LogP contribution is -2.62. The maximum atomic E-state index is 14.1. The van der Waals surface area contributed by atoms with Gasteiger partial charge in [-0.15, -0.1) is 0 Å². The summed E-state index contributed by atoms with van der Waals surface area (Å²) < 4.78 is 25.3. The summed E-state index contributed by atoms with van der Waals surface area (Å²) in [5.41, 5.74) is 2.65. The average molecular weight is 628 g/mol. The summed E-state index contributed by atoms with van der Waals surface area (Å²) in [6.45, 7) is 14.9. The summed E-state index contributed by atoms with van der Waals surface area (Å²) in [7, 11) is 0. The van der Waals surface area contributed by atoms with Crippen molar-refractivity contribution in [1.29, 1.82) is 0 Å². The fourth-order valence-electron chi connectivity index (χ4n) is 6.55. The molecule has 2 saturated heterocycles. The summed E-state index contributed by atoms with van der Waals surface area (Å²) in [5, 5.41) is 23.2. The molecule has 3 N–H and O–H groups in total. The maximum Gasteiger partial charge on any atom is 0.344 e. The summed E-state index contributed by atoms with van der Waals surface area (Å²) in [4.78, 5) is 36.9. The van der Waals surface area contributed by atoms with Crippen LogP contribution in [0, 0.1) is 5.82 Å². The Labute approximate surface area is 264 Å². The van der Waals surface area contributed by atoms with Crippen molar-refractivity contribution in [3.8, 4) is 5.75 Å². The van der Waals surface area contributed by atoms with Gasteiger partial charge in [-0.05, 0) is 44.0 Å². The predicted molar refractivity (Wildman–Crippen MR) is 167 cm³/mol. The second-order valence-electron chi connectivity index (χ2n) is 13.3. The highest BCUT2D eigenvalue weighted by Gasteiger charge is 2.41. The molecule has 0 spiro atoms. The van der Waals surface area contributed by atoms with Crippen LogP contribution in [0.15, 0.2) is 24.3 Å². The molecule has 2 fully saturated rings. The van der Waals surface area contributed by atoms with Crippen LogP contribution in [-0.2, 0) is 32.8 Å². The number of piperazine rings is 1. The zero-order valence-electron chi connectivity index (χ0n) is 26.9. The normalized spacial score (nSPS) is 24.3.